The number of rotatable bonds is 38. The SMILES string of the molecule is CC/C=C\C/C=C\C/C=C\C/C=C\C/C=C\C/C=C\CCCCC(=O)OC(COCCCCCCCC/C=C\CCCCC)COP(=O)(O)OCCN. The van der Waals surface area contributed by atoms with Crippen molar-refractivity contribution in [2.75, 3.05) is 33.0 Å². The molecule has 0 bridgehead atoms. The van der Waals surface area contributed by atoms with Gasteiger partial charge in [-0.15, -0.1) is 0 Å². The van der Waals surface area contributed by atoms with Gasteiger partial charge >= 0.3 is 13.8 Å². The van der Waals surface area contributed by atoms with Crippen LogP contribution in [-0.2, 0) is 27.9 Å². The lowest BCUT2D eigenvalue weighted by atomic mass is 10.1. The Balaban J connectivity index is 4.18. The number of allylic oxidation sites excluding steroid dienone is 14. The number of hydrogen-bond donors (Lipinski definition) is 2. The predicted octanol–water partition coefficient (Wildman–Crippen LogP) is 12.1. The normalized spacial score (nSPS) is 14.4. The lowest BCUT2D eigenvalue weighted by molar-refractivity contribution is -0.154. The first-order valence-electron chi connectivity index (χ1n) is 20.6. The summed E-state index contributed by atoms with van der Waals surface area (Å²) < 4.78 is 33.3. The van der Waals surface area contributed by atoms with E-state index in [0.717, 1.165) is 70.6 Å². The Labute approximate surface area is 324 Å². The van der Waals surface area contributed by atoms with Crippen LogP contribution in [0.3, 0.4) is 0 Å². The van der Waals surface area contributed by atoms with Crippen LogP contribution in [0.15, 0.2) is 85.1 Å². The van der Waals surface area contributed by atoms with Gasteiger partial charge in [0.2, 0.25) is 0 Å². The molecule has 0 aliphatic heterocycles. The lowest BCUT2D eigenvalue weighted by Gasteiger charge is -2.20. The summed E-state index contributed by atoms with van der Waals surface area (Å²) in [5.41, 5.74) is 5.36. The van der Waals surface area contributed by atoms with Gasteiger partial charge in [0.15, 0.2) is 0 Å². The summed E-state index contributed by atoms with van der Waals surface area (Å²) in [6.07, 6.45) is 51.7. The van der Waals surface area contributed by atoms with Crippen LogP contribution in [0.4, 0.5) is 0 Å². The van der Waals surface area contributed by atoms with Crippen LogP contribution in [0.1, 0.15) is 149 Å². The van der Waals surface area contributed by atoms with E-state index in [-0.39, 0.29) is 38.8 Å². The summed E-state index contributed by atoms with van der Waals surface area (Å²) in [7, 11) is -4.29. The first-order chi connectivity index (χ1) is 25.9. The van der Waals surface area contributed by atoms with Crippen molar-refractivity contribution in [3.05, 3.63) is 85.1 Å². The van der Waals surface area contributed by atoms with Crippen molar-refractivity contribution >= 4 is 13.8 Å². The minimum Gasteiger partial charge on any atom is -0.457 e. The number of carbonyl (C=O) groups excluding carboxylic acids is 1. The highest BCUT2D eigenvalue weighted by molar-refractivity contribution is 7.47. The molecule has 53 heavy (non-hydrogen) atoms. The molecule has 2 atom stereocenters. The molecule has 0 rings (SSSR count). The third kappa shape index (κ3) is 40.7. The van der Waals surface area contributed by atoms with E-state index in [4.69, 9.17) is 24.3 Å². The van der Waals surface area contributed by atoms with Gasteiger partial charge in [-0.1, -0.05) is 137 Å². The highest BCUT2D eigenvalue weighted by Crippen LogP contribution is 2.43. The Bertz CT molecular complexity index is 1080. The molecule has 8 nitrogen and oxygen atoms in total. The first kappa shape index (κ1) is 50.7. The number of ether oxygens (including phenoxy) is 2. The van der Waals surface area contributed by atoms with Gasteiger partial charge in [-0.2, -0.15) is 0 Å². The average molecular weight is 762 g/mol. The second kappa shape index (κ2) is 40.9. The van der Waals surface area contributed by atoms with E-state index in [9.17, 15) is 14.3 Å². The second-order valence-electron chi connectivity index (χ2n) is 13.1. The molecule has 0 amide bonds. The van der Waals surface area contributed by atoms with Crippen LogP contribution in [0.25, 0.3) is 0 Å². The Morgan fingerprint density at radius 3 is 1.60 bits per heavy atom. The van der Waals surface area contributed by atoms with E-state index in [1.807, 2.05) is 0 Å². The van der Waals surface area contributed by atoms with Crippen LogP contribution in [0.5, 0.6) is 0 Å². The van der Waals surface area contributed by atoms with Crippen LogP contribution in [0, 0.1) is 0 Å². The summed E-state index contributed by atoms with van der Waals surface area (Å²) in [6.45, 7) is 4.68. The Kier molecular flexibility index (Phi) is 39.1. The van der Waals surface area contributed by atoms with Crippen molar-refractivity contribution in [1.82, 2.24) is 0 Å². The molecule has 3 N–H and O–H groups in total. The molecule has 0 aromatic rings. The molecule has 304 valence electrons. The molecule has 0 spiro atoms. The van der Waals surface area contributed by atoms with E-state index < -0.39 is 13.9 Å². The van der Waals surface area contributed by atoms with Gasteiger partial charge in [-0.3, -0.25) is 13.8 Å². The van der Waals surface area contributed by atoms with Gasteiger partial charge in [-0.05, 0) is 89.9 Å². The fourth-order valence-corrected chi connectivity index (χ4v) is 5.82. The van der Waals surface area contributed by atoms with E-state index in [2.05, 4.69) is 98.9 Å². The number of phosphoric ester groups is 1. The first-order valence-corrected chi connectivity index (χ1v) is 22.1. The third-order valence-corrected chi connectivity index (χ3v) is 9.03. The van der Waals surface area contributed by atoms with E-state index in [1.165, 1.54) is 51.4 Å². The molecular weight excluding hydrogens is 685 g/mol. The molecular formula is C44H76NO7P. The molecule has 0 aliphatic carbocycles. The average Bonchev–Trinajstić information content (AvgIpc) is 3.15. The standard InChI is InChI=1S/C44H76NO7P/c1-3-5-7-9-11-13-15-17-18-19-20-21-22-23-24-25-27-29-31-33-35-37-44(46)52-43(42-51-53(47,48)50-40-38-45)41-49-39-36-34-32-30-28-26-16-14-12-10-8-6-4-2/h5,7,11-14,17-18,20-21,23-24,27,29,43H,3-4,6,8-10,15-16,19,22,25-26,28,30-42,45H2,1-2H3,(H,47,48)/b7-5-,13-11-,14-12-,18-17-,21-20-,24-23-,29-27-. The van der Waals surface area contributed by atoms with E-state index in [0.29, 0.717) is 13.0 Å². The Hall–Kier alpha value is -2.32. The van der Waals surface area contributed by atoms with Gasteiger partial charge < -0.3 is 20.1 Å². The Morgan fingerprint density at radius 1 is 0.585 bits per heavy atom. The van der Waals surface area contributed by atoms with Gasteiger partial charge in [0.05, 0.1) is 19.8 Å². The third-order valence-electron chi connectivity index (χ3n) is 8.05. The van der Waals surface area contributed by atoms with E-state index >= 15 is 0 Å². The fraction of sp³-hybridized carbons (Fsp3) is 0.659. The van der Waals surface area contributed by atoms with Crippen molar-refractivity contribution < 1.29 is 32.8 Å². The van der Waals surface area contributed by atoms with Crippen LogP contribution in [-0.4, -0.2) is 49.9 Å². The van der Waals surface area contributed by atoms with Gasteiger partial charge in [0, 0.05) is 19.6 Å². The second-order valence-corrected chi connectivity index (χ2v) is 14.6. The van der Waals surface area contributed by atoms with Gasteiger partial charge in [0.25, 0.3) is 0 Å². The molecule has 0 radical (unpaired) electrons. The minimum absolute atomic E-state index is 0.0875. The smallest absolute Gasteiger partial charge is 0.457 e. The number of hydrogen-bond acceptors (Lipinski definition) is 7. The molecule has 0 aliphatic rings. The molecule has 0 saturated heterocycles. The summed E-state index contributed by atoms with van der Waals surface area (Å²) in [4.78, 5) is 22.4. The summed E-state index contributed by atoms with van der Waals surface area (Å²) in [5.74, 6) is -0.378. The predicted molar refractivity (Wildman–Crippen MR) is 224 cm³/mol. The maximum Gasteiger partial charge on any atom is 0.472 e. The number of unbranched alkanes of at least 4 members (excludes halogenated alkanes) is 11. The highest BCUT2D eigenvalue weighted by atomic mass is 31.2. The molecule has 0 aromatic carbocycles. The van der Waals surface area contributed by atoms with Crippen molar-refractivity contribution in [2.24, 2.45) is 5.73 Å². The maximum absolute atomic E-state index is 12.6. The molecule has 0 saturated carbocycles. The number of carbonyl (C=O) groups is 1. The quantitative estimate of drug-likeness (QED) is 0.0276. The van der Waals surface area contributed by atoms with E-state index in [1.54, 1.807) is 0 Å². The van der Waals surface area contributed by atoms with Gasteiger partial charge in [0.1, 0.15) is 6.10 Å². The topological polar surface area (TPSA) is 117 Å². The largest absolute Gasteiger partial charge is 0.472 e. The lowest BCUT2D eigenvalue weighted by Crippen LogP contribution is -2.28. The van der Waals surface area contributed by atoms with Crippen molar-refractivity contribution in [3.63, 3.8) is 0 Å². The van der Waals surface area contributed by atoms with Crippen molar-refractivity contribution in [3.8, 4) is 0 Å². The fourth-order valence-electron chi connectivity index (χ4n) is 5.05. The molecule has 9 heteroatoms. The van der Waals surface area contributed by atoms with Crippen molar-refractivity contribution in [2.45, 2.75) is 155 Å². The summed E-state index contributed by atoms with van der Waals surface area (Å²) >= 11 is 0. The monoisotopic (exact) mass is 762 g/mol. The van der Waals surface area contributed by atoms with Crippen LogP contribution >= 0.6 is 7.82 Å². The number of phosphoric acid groups is 1. The molecule has 0 heterocycles. The van der Waals surface area contributed by atoms with Gasteiger partial charge in [-0.25, -0.2) is 4.57 Å². The Morgan fingerprint density at radius 2 is 1.06 bits per heavy atom. The van der Waals surface area contributed by atoms with Crippen LogP contribution in [0.2, 0.25) is 0 Å². The highest BCUT2D eigenvalue weighted by Gasteiger charge is 2.25. The number of esters is 1. The molecule has 2 unspecified atom stereocenters. The minimum atomic E-state index is -4.29. The maximum atomic E-state index is 12.6. The zero-order chi connectivity index (χ0) is 38.8. The summed E-state index contributed by atoms with van der Waals surface area (Å²) in [6, 6.07) is 0. The summed E-state index contributed by atoms with van der Waals surface area (Å²) in [5, 5.41) is 0. The molecule has 0 aromatic heterocycles. The zero-order valence-corrected chi connectivity index (χ0v) is 34.4. The number of nitrogens with two attached hydrogens (primary N) is 1. The van der Waals surface area contributed by atoms with Crippen molar-refractivity contribution in [1.29, 1.82) is 0 Å². The molecule has 0 fully saturated rings. The van der Waals surface area contributed by atoms with Crippen LogP contribution < -0.4 is 5.73 Å². The zero-order valence-electron chi connectivity index (χ0n) is 33.5.